The average molecular weight is 492 g/mol. The van der Waals surface area contributed by atoms with Gasteiger partial charge < -0.3 is 29.6 Å². The molecule has 1 amide bonds. The molecule has 1 aliphatic heterocycles. The summed E-state index contributed by atoms with van der Waals surface area (Å²) in [6.45, 7) is 0.852. The molecule has 0 radical (unpaired) electrons. The molecule has 0 fully saturated rings. The Morgan fingerprint density at radius 2 is 1.92 bits per heavy atom. The standard InChI is InChI=1S/C27H21N7O3/c28-25-24-26(30-12-29-24)33(13-31-25)10-15-11-34(21-9-22(36)17-3-1-2-4-18(17)23(15)21)27(37)20-8-14-7-16(35)5-6-19(14)32-20/h1-9,12-13,15,28,32,35-36H,10-11H2,(H,29,30)/t15-/m1/s1. The number of aromatic nitrogens is 5. The second kappa shape index (κ2) is 7.69. The molecule has 10 nitrogen and oxygen atoms in total. The first-order chi connectivity index (χ1) is 18.0. The third-order valence-electron chi connectivity index (χ3n) is 7.10. The summed E-state index contributed by atoms with van der Waals surface area (Å²) in [5.41, 5.74) is 4.03. The fourth-order valence-electron chi connectivity index (χ4n) is 5.45. The van der Waals surface area contributed by atoms with Crippen molar-refractivity contribution in [3.8, 4) is 11.5 Å². The highest BCUT2D eigenvalue weighted by Crippen LogP contribution is 2.46. The van der Waals surface area contributed by atoms with Crippen LogP contribution in [0.25, 0.3) is 32.8 Å². The van der Waals surface area contributed by atoms with Gasteiger partial charge >= 0.3 is 0 Å². The Balaban J connectivity index is 1.37. The highest BCUT2D eigenvalue weighted by Gasteiger charge is 2.36. The van der Waals surface area contributed by atoms with Crippen LogP contribution < -0.4 is 10.4 Å². The van der Waals surface area contributed by atoms with Crippen molar-refractivity contribution in [2.75, 3.05) is 11.4 Å². The van der Waals surface area contributed by atoms with Crippen LogP contribution in [0, 0.1) is 5.41 Å². The van der Waals surface area contributed by atoms with Gasteiger partial charge in [-0.25, -0.2) is 9.97 Å². The van der Waals surface area contributed by atoms with Gasteiger partial charge in [0.15, 0.2) is 11.1 Å². The topological polar surface area (TPSA) is 147 Å². The predicted molar refractivity (Wildman–Crippen MR) is 138 cm³/mol. The molecule has 3 aromatic heterocycles. The van der Waals surface area contributed by atoms with Gasteiger partial charge in [-0.3, -0.25) is 10.2 Å². The van der Waals surface area contributed by atoms with E-state index in [0.717, 1.165) is 27.2 Å². The fraction of sp³-hybridized carbons (Fsp3) is 0.111. The van der Waals surface area contributed by atoms with Crippen LogP contribution in [-0.4, -0.2) is 47.2 Å². The molecule has 1 atom stereocenters. The van der Waals surface area contributed by atoms with Crippen LogP contribution in [0.3, 0.4) is 0 Å². The number of anilines is 1. The lowest BCUT2D eigenvalue weighted by molar-refractivity contribution is 0.0984. The number of carbonyl (C=O) groups excluding carboxylic acids is 1. The van der Waals surface area contributed by atoms with Crippen LogP contribution in [0.2, 0.25) is 0 Å². The first-order valence-electron chi connectivity index (χ1n) is 11.8. The minimum absolute atomic E-state index is 0.108. The lowest BCUT2D eigenvalue weighted by Gasteiger charge is -2.18. The van der Waals surface area contributed by atoms with Crippen LogP contribution in [-0.2, 0) is 6.54 Å². The van der Waals surface area contributed by atoms with Crippen molar-refractivity contribution < 1.29 is 15.0 Å². The molecule has 37 heavy (non-hydrogen) atoms. The summed E-state index contributed by atoms with van der Waals surface area (Å²) in [4.78, 5) is 30.2. The first-order valence-corrected chi connectivity index (χ1v) is 11.8. The Hall–Kier alpha value is -5.12. The van der Waals surface area contributed by atoms with Crippen LogP contribution >= 0.6 is 0 Å². The number of benzene rings is 3. The van der Waals surface area contributed by atoms with Crippen molar-refractivity contribution in [2.45, 2.75) is 12.5 Å². The lowest BCUT2D eigenvalue weighted by atomic mass is 9.94. The molecular formula is C27H21N7O3. The van der Waals surface area contributed by atoms with Gasteiger partial charge in [0.25, 0.3) is 5.91 Å². The van der Waals surface area contributed by atoms with E-state index < -0.39 is 0 Å². The Labute approximate surface area is 209 Å². The molecule has 0 aliphatic carbocycles. The molecule has 0 saturated heterocycles. The number of rotatable bonds is 3. The van der Waals surface area contributed by atoms with Gasteiger partial charge in [0.2, 0.25) is 0 Å². The number of hydrogen-bond acceptors (Lipinski definition) is 6. The van der Waals surface area contributed by atoms with E-state index in [1.54, 1.807) is 47.9 Å². The molecule has 4 heterocycles. The lowest BCUT2D eigenvalue weighted by Crippen LogP contribution is -2.31. The zero-order valence-corrected chi connectivity index (χ0v) is 19.4. The van der Waals surface area contributed by atoms with Gasteiger partial charge in [0.05, 0.1) is 18.3 Å². The molecule has 6 aromatic rings. The second-order valence-electron chi connectivity index (χ2n) is 9.29. The molecule has 0 bridgehead atoms. The molecule has 0 unspecified atom stereocenters. The number of aromatic amines is 2. The van der Waals surface area contributed by atoms with E-state index in [4.69, 9.17) is 5.41 Å². The number of phenols is 2. The summed E-state index contributed by atoms with van der Waals surface area (Å²) in [6.07, 6.45) is 3.14. The van der Waals surface area contributed by atoms with E-state index in [9.17, 15) is 15.0 Å². The van der Waals surface area contributed by atoms with Crippen LogP contribution in [0.5, 0.6) is 11.5 Å². The quantitative estimate of drug-likeness (QED) is 0.256. The molecule has 1 aliphatic rings. The molecule has 10 heteroatoms. The summed E-state index contributed by atoms with van der Waals surface area (Å²) in [7, 11) is 0. The van der Waals surface area contributed by atoms with E-state index in [0.29, 0.717) is 35.6 Å². The zero-order valence-electron chi connectivity index (χ0n) is 19.4. The number of nitrogens with zero attached hydrogens (tertiary/aromatic N) is 4. The van der Waals surface area contributed by atoms with Gasteiger partial charge in [-0.1, -0.05) is 24.3 Å². The largest absolute Gasteiger partial charge is 0.508 e. The van der Waals surface area contributed by atoms with Crippen molar-refractivity contribution in [3.63, 3.8) is 0 Å². The van der Waals surface area contributed by atoms with E-state index in [2.05, 4.69) is 19.9 Å². The van der Waals surface area contributed by atoms with Crippen LogP contribution in [0.4, 0.5) is 5.69 Å². The highest BCUT2D eigenvalue weighted by molar-refractivity contribution is 6.11. The third-order valence-corrected chi connectivity index (χ3v) is 7.10. The predicted octanol–water partition coefficient (Wildman–Crippen LogP) is 3.73. The molecular weight excluding hydrogens is 470 g/mol. The maximum atomic E-state index is 13.8. The average Bonchev–Trinajstić information content (AvgIpc) is 3.63. The normalized spacial score (nSPS) is 15.1. The summed E-state index contributed by atoms with van der Waals surface area (Å²) in [5, 5.41) is 31.1. The molecule has 7 rings (SSSR count). The molecule has 0 spiro atoms. The van der Waals surface area contributed by atoms with Crippen molar-refractivity contribution in [1.29, 1.82) is 5.41 Å². The van der Waals surface area contributed by atoms with E-state index in [-0.39, 0.29) is 28.8 Å². The molecule has 182 valence electrons. The monoisotopic (exact) mass is 491 g/mol. The van der Waals surface area contributed by atoms with Crippen molar-refractivity contribution in [1.82, 2.24) is 24.5 Å². The Morgan fingerprint density at radius 3 is 2.78 bits per heavy atom. The number of H-pyrrole nitrogens is 2. The van der Waals surface area contributed by atoms with Gasteiger partial charge in [-0.05, 0) is 35.2 Å². The van der Waals surface area contributed by atoms with E-state index >= 15 is 0 Å². The molecule has 0 saturated carbocycles. The zero-order chi connectivity index (χ0) is 25.3. The van der Waals surface area contributed by atoms with Crippen LogP contribution in [0.15, 0.2) is 67.3 Å². The number of hydrogen-bond donors (Lipinski definition) is 5. The van der Waals surface area contributed by atoms with Crippen LogP contribution in [0.1, 0.15) is 22.0 Å². The Bertz CT molecular complexity index is 1930. The smallest absolute Gasteiger partial charge is 0.274 e. The van der Waals surface area contributed by atoms with Gasteiger partial charge in [0.1, 0.15) is 22.7 Å². The van der Waals surface area contributed by atoms with Crippen molar-refractivity contribution in [3.05, 3.63) is 84.0 Å². The third kappa shape index (κ3) is 3.19. The van der Waals surface area contributed by atoms with Crippen molar-refractivity contribution in [2.24, 2.45) is 0 Å². The minimum atomic E-state index is -0.233. The Morgan fingerprint density at radius 1 is 1.08 bits per heavy atom. The maximum absolute atomic E-state index is 13.8. The Kier molecular flexibility index (Phi) is 4.40. The van der Waals surface area contributed by atoms with E-state index in [1.807, 2.05) is 28.8 Å². The number of imidazole rings is 1. The van der Waals surface area contributed by atoms with Gasteiger partial charge in [-0.15, -0.1) is 0 Å². The first kappa shape index (κ1) is 21.2. The molecule has 3 aromatic carbocycles. The highest BCUT2D eigenvalue weighted by atomic mass is 16.3. The maximum Gasteiger partial charge on any atom is 0.274 e. The van der Waals surface area contributed by atoms with Crippen molar-refractivity contribution >= 4 is 44.4 Å². The summed E-state index contributed by atoms with van der Waals surface area (Å²) in [6, 6.07) is 15.9. The summed E-state index contributed by atoms with van der Waals surface area (Å²) >= 11 is 0. The minimum Gasteiger partial charge on any atom is -0.508 e. The number of nitrogens with one attached hydrogen (secondary N) is 3. The van der Waals surface area contributed by atoms with E-state index in [1.165, 1.54) is 0 Å². The summed E-state index contributed by atoms with van der Waals surface area (Å²) < 4.78 is 1.89. The van der Waals surface area contributed by atoms with Gasteiger partial charge in [0, 0.05) is 41.4 Å². The number of fused-ring (bicyclic) bond motifs is 5. The molecule has 5 N–H and O–H groups in total. The van der Waals surface area contributed by atoms with Gasteiger partial charge in [-0.2, -0.15) is 0 Å². The number of phenolic OH excluding ortho intramolecular Hbond substituents is 2. The number of carbonyl (C=O) groups is 1. The SMILES string of the molecule is N=c1ncn(C[C@@H]2CN(C(=O)c3cc4cc(O)ccc4[nH]3)c3cc(O)c4ccccc4c32)c2nc[nH]c12. The number of aromatic hydroxyl groups is 2. The number of amides is 1. The fourth-order valence-corrected chi connectivity index (χ4v) is 5.45. The summed E-state index contributed by atoms with van der Waals surface area (Å²) in [5.74, 6) is -0.121. The second-order valence-corrected chi connectivity index (χ2v) is 9.29.